The summed E-state index contributed by atoms with van der Waals surface area (Å²) in [5, 5.41) is 3.10. The van der Waals surface area contributed by atoms with E-state index in [0.717, 1.165) is 39.1 Å². The van der Waals surface area contributed by atoms with Gasteiger partial charge in [0.2, 0.25) is 0 Å². The van der Waals surface area contributed by atoms with Crippen LogP contribution in [0.15, 0.2) is 18.2 Å². The molecule has 2 aliphatic heterocycles. The van der Waals surface area contributed by atoms with E-state index in [2.05, 4.69) is 22.0 Å². The van der Waals surface area contributed by atoms with Crippen LogP contribution in [0, 0.1) is 5.82 Å². The number of methoxy groups -OCH3 is 1. The Hall–Kier alpha value is -2.13. The van der Waals surface area contributed by atoms with Gasteiger partial charge in [0.1, 0.15) is 11.9 Å². The first-order valence-corrected chi connectivity index (χ1v) is 9.99. The minimum absolute atomic E-state index is 0.240. The van der Waals surface area contributed by atoms with Crippen molar-refractivity contribution >= 4 is 34.9 Å². The molecule has 0 saturated carbocycles. The van der Waals surface area contributed by atoms with Crippen LogP contribution in [0.5, 0.6) is 0 Å². The van der Waals surface area contributed by atoms with Gasteiger partial charge in [-0.15, -0.1) is 0 Å². The van der Waals surface area contributed by atoms with Gasteiger partial charge in [0, 0.05) is 26.2 Å². The number of anilines is 2. The highest BCUT2D eigenvalue weighted by Gasteiger charge is 2.33. The van der Waals surface area contributed by atoms with Crippen molar-refractivity contribution in [2.45, 2.75) is 19.4 Å². The fourth-order valence-corrected chi connectivity index (χ4v) is 3.64. The minimum Gasteiger partial charge on any atom is -0.474 e. The van der Waals surface area contributed by atoms with E-state index in [-0.39, 0.29) is 17.1 Å². The Morgan fingerprint density at radius 2 is 2.11 bits per heavy atom. The molecule has 1 atom stereocenters. The lowest BCUT2D eigenvalue weighted by Gasteiger charge is -2.36. The molecule has 2 heterocycles. The number of carbonyl (C=O) groups excluding carboxylic acids is 1. The van der Waals surface area contributed by atoms with Gasteiger partial charge in [-0.2, -0.15) is 0 Å². The van der Waals surface area contributed by atoms with Crippen molar-refractivity contribution in [3.63, 3.8) is 0 Å². The van der Waals surface area contributed by atoms with Gasteiger partial charge < -0.3 is 19.7 Å². The monoisotopic (exact) mass is 410 g/mol. The van der Waals surface area contributed by atoms with Gasteiger partial charge in [-0.05, 0) is 43.4 Å². The number of carbonyl (C=O) groups is 1. The van der Waals surface area contributed by atoms with E-state index in [9.17, 15) is 9.18 Å². The highest BCUT2D eigenvalue weighted by Crippen LogP contribution is 2.28. The quantitative estimate of drug-likeness (QED) is 0.722. The van der Waals surface area contributed by atoms with E-state index in [1.165, 1.54) is 18.1 Å². The smallest absolute Gasteiger partial charge is 0.414 e. The summed E-state index contributed by atoms with van der Waals surface area (Å²) >= 11 is 4.91. The summed E-state index contributed by atoms with van der Waals surface area (Å²) in [5.41, 5.74) is 1.07. The molecule has 0 bridgehead atoms. The third-order valence-electron chi connectivity index (χ3n) is 5.03. The zero-order valence-corrected chi connectivity index (χ0v) is 17.1. The molecule has 7 nitrogen and oxygen atoms in total. The van der Waals surface area contributed by atoms with Gasteiger partial charge in [0.25, 0.3) is 5.17 Å². The molecule has 2 fully saturated rings. The van der Waals surface area contributed by atoms with Crippen molar-refractivity contribution in [2.75, 3.05) is 62.7 Å². The number of hydrogen-bond donors (Lipinski definition) is 1. The second kappa shape index (κ2) is 9.38. The van der Waals surface area contributed by atoms with E-state index < -0.39 is 6.09 Å². The van der Waals surface area contributed by atoms with Crippen LogP contribution < -0.4 is 15.1 Å². The number of halogens is 1. The molecule has 0 aromatic heterocycles. The standard InChI is InChI=1S/C19H27FN4O3S/c1-3-6-22-7-9-23(10-8-22)17-5-4-14(11-16(17)20)24-13-15(27-19(24)25)12-21-18(28)26-2/h4-5,11,15H,3,6-10,12-13H2,1-2H3,(H,21,28)/t15-/m0/s1. The van der Waals surface area contributed by atoms with Crippen molar-refractivity contribution in [3.8, 4) is 0 Å². The fourth-order valence-electron chi connectivity index (χ4n) is 3.56. The SMILES string of the molecule is CCCN1CCN(c2ccc(N3C[C@H](CNC(=S)OC)OC3=O)cc2F)CC1. The average Bonchev–Trinajstić information content (AvgIpc) is 3.07. The number of nitrogens with one attached hydrogen (secondary N) is 1. The molecule has 1 amide bonds. The summed E-state index contributed by atoms with van der Waals surface area (Å²) in [4.78, 5) is 18.1. The number of ether oxygens (including phenoxy) is 2. The maximum Gasteiger partial charge on any atom is 0.414 e. The molecule has 0 unspecified atom stereocenters. The van der Waals surface area contributed by atoms with Gasteiger partial charge in [0.15, 0.2) is 0 Å². The lowest BCUT2D eigenvalue weighted by molar-refractivity contribution is 0.142. The van der Waals surface area contributed by atoms with Crippen molar-refractivity contribution < 1.29 is 18.7 Å². The molecule has 2 saturated heterocycles. The van der Waals surface area contributed by atoms with Crippen LogP contribution >= 0.6 is 12.2 Å². The van der Waals surface area contributed by atoms with E-state index in [1.54, 1.807) is 12.1 Å². The van der Waals surface area contributed by atoms with E-state index in [4.69, 9.17) is 21.7 Å². The summed E-state index contributed by atoms with van der Waals surface area (Å²) in [6.07, 6.45) is 0.258. The Kier molecular flexibility index (Phi) is 6.90. The van der Waals surface area contributed by atoms with Crippen LogP contribution in [0.3, 0.4) is 0 Å². The van der Waals surface area contributed by atoms with Crippen LogP contribution in [0.4, 0.5) is 20.6 Å². The van der Waals surface area contributed by atoms with Crippen molar-refractivity contribution in [1.82, 2.24) is 10.2 Å². The highest BCUT2D eigenvalue weighted by atomic mass is 32.1. The number of nitrogens with zero attached hydrogens (tertiary/aromatic N) is 3. The first-order chi connectivity index (χ1) is 13.5. The van der Waals surface area contributed by atoms with Crippen LogP contribution in [0.1, 0.15) is 13.3 Å². The first kappa shape index (κ1) is 20.6. The topological polar surface area (TPSA) is 57.3 Å². The number of cyclic esters (lactones) is 1. The lowest BCUT2D eigenvalue weighted by Crippen LogP contribution is -2.46. The number of piperazine rings is 1. The molecule has 0 aliphatic carbocycles. The Morgan fingerprint density at radius 1 is 1.36 bits per heavy atom. The Labute approximate surface area is 170 Å². The lowest BCUT2D eigenvalue weighted by atomic mass is 10.2. The molecule has 3 rings (SSSR count). The van der Waals surface area contributed by atoms with Crippen LogP contribution in [-0.2, 0) is 9.47 Å². The zero-order valence-electron chi connectivity index (χ0n) is 16.3. The van der Waals surface area contributed by atoms with Crippen LogP contribution in [-0.4, -0.2) is 75.2 Å². The number of thiocarbonyl (C=S) groups is 1. The van der Waals surface area contributed by atoms with Gasteiger partial charge in [0.05, 0.1) is 31.6 Å². The third kappa shape index (κ3) is 4.82. The first-order valence-electron chi connectivity index (χ1n) is 9.58. The minimum atomic E-state index is -0.490. The molecular weight excluding hydrogens is 383 g/mol. The summed E-state index contributed by atoms with van der Waals surface area (Å²) in [7, 11) is 1.47. The van der Waals surface area contributed by atoms with Gasteiger partial charge in [-0.1, -0.05) is 6.92 Å². The molecule has 0 radical (unpaired) electrons. The Bertz CT molecular complexity index is 712. The maximum atomic E-state index is 14.8. The molecule has 9 heteroatoms. The molecule has 154 valence electrons. The molecule has 1 aromatic carbocycles. The van der Waals surface area contributed by atoms with E-state index >= 15 is 0 Å². The van der Waals surface area contributed by atoms with Crippen LogP contribution in [0.2, 0.25) is 0 Å². The maximum absolute atomic E-state index is 14.8. The molecule has 28 heavy (non-hydrogen) atoms. The van der Waals surface area contributed by atoms with Gasteiger partial charge in [-0.3, -0.25) is 9.80 Å². The number of rotatable bonds is 6. The normalized spacial score (nSPS) is 20.2. The zero-order chi connectivity index (χ0) is 20.1. The average molecular weight is 411 g/mol. The summed E-state index contributed by atoms with van der Waals surface area (Å²) < 4.78 is 25.0. The second-order valence-corrected chi connectivity index (χ2v) is 7.32. The van der Waals surface area contributed by atoms with E-state index in [1.807, 2.05) is 0 Å². The van der Waals surface area contributed by atoms with Crippen molar-refractivity contribution in [1.29, 1.82) is 0 Å². The third-order valence-corrected chi connectivity index (χ3v) is 5.34. The van der Waals surface area contributed by atoms with Crippen LogP contribution in [0.25, 0.3) is 0 Å². The van der Waals surface area contributed by atoms with Crippen molar-refractivity contribution in [3.05, 3.63) is 24.0 Å². The highest BCUT2D eigenvalue weighted by molar-refractivity contribution is 7.80. The van der Waals surface area contributed by atoms with E-state index in [0.29, 0.717) is 24.5 Å². The number of hydrogen-bond acceptors (Lipinski definition) is 6. The molecular formula is C19H27FN4O3S. The van der Waals surface area contributed by atoms with Gasteiger partial charge >= 0.3 is 6.09 Å². The second-order valence-electron chi connectivity index (χ2n) is 6.95. The summed E-state index contributed by atoms with van der Waals surface area (Å²) in [6.45, 7) is 7.39. The van der Waals surface area contributed by atoms with Gasteiger partial charge in [-0.25, -0.2) is 9.18 Å². The predicted molar refractivity (Wildman–Crippen MR) is 111 cm³/mol. The molecule has 1 aromatic rings. The molecule has 1 N–H and O–H groups in total. The molecule has 0 spiro atoms. The fraction of sp³-hybridized carbons (Fsp3) is 0.579. The largest absolute Gasteiger partial charge is 0.474 e. The van der Waals surface area contributed by atoms with Crippen molar-refractivity contribution in [2.24, 2.45) is 0 Å². The summed E-state index contributed by atoms with van der Waals surface area (Å²) in [5.74, 6) is -0.323. The Morgan fingerprint density at radius 3 is 2.75 bits per heavy atom. The Balaban J connectivity index is 1.61. The summed E-state index contributed by atoms with van der Waals surface area (Å²) in [6, 6.07) is 4.93. The number of amides is 1. The molecule has 2 aliphatic rings. The predicted octanol–water partition coefficient (Wildman–Crippen LogP) is 2.20. The number of benzene rings is 1.